The minimum absolute atomic E-state index is 0.0480. The van der Waals surface area contributed by atoms with Gasteiger partial charge in [-0.1, -0.05) is 6.92 Å². The van der Waals surface area contributed by atoms with E-state index in [1.807, 2.05) is 13.1 Å². The lowest BCUT2D eigenvalue weighted by Gasteiger charge is -2.58. The standard InChI is InChI=1S/C26H46O5Si2/c1-17-26(31-33(6,7)28-17)15-13-24-23-10-8-19-16-20(30-32(4,5)29-18(2)27)9-11-21(19)22(23)12-14-25(24,26)3/h17,19-24H,8-16H2,1-7H3/t17-,19-,20-,21?,22?,23?,24?,25+,26+/m1/s1. The second-order valence-corrected chi connectivity index (χ2v) is 19.6. The van der Waals surface area contributed by atoms with Crippen molar-refractivity contribution in [2.75, 3.05) is 0 Å². The molecule has 0 aromatic heterocycles. The molecular formula is C26H46O5Si2. The van der Waals surface area contributed by atoms with Gasteiger partial charge in [-0.15, -0.1) is 0 Å². The highest BCUT2D eigenvalue weighted by atomic mass is 28.4. The van der Waals surface area contributed by atoms with Crippen LogP contribution in [0.15, 0.2) is 0 Å². The van der Waals surface area contributed by atoms with Gasteiger partial charge in [0.05, 0.1) is 11.7 Å². The Hall–Kier alpha value is -0.216. The molecule has 9 atom stereocenters. The van der Waals surface area contributed by atoms with Crippen LogP contribution in [0.3, 0.4) is 0 Å². The van der Waals surface area contributed by atoms with E-state index in [1.54, 1.807) is 0 Å². The highest BCUT2D eigenvalue weighted by molar-refractivity contribution is 6.66. The van der Waals surface area contributed by atoms with E-state index < -0.39 is 17.1 Å². The fraction of sp³-hybridized carbons (Fsp3) is 0.962. The predicted octanol–water partition coefficient (Wildman–Crippen LogP) is 6.17. The zero-order valence-corrected chi connectivity index (χ0v) is 23.9. The predicted molar refractivity (Wildman–Crippen MR) is 133 cm³/mol. The van der Waals surface area contributed by atoms with Crippen LogP contribution in [0.5, 0.6) is 0 Å². The summed E-state index contributed by atoms with van der Waals surface area (Å²) in [6.07, 6.45) is 12.0. The molecule has 5 nitrogen and oxygen atoms in total. The third-order valence-electron chi connectivity index (χ3n) is 10.5. The van der Waals surface area contributed by atoms with Crippen molar-refractivity contribution >= 4 is 23.1 Å². The molecule has 0 aromatic rings. The lowest BCUT2D eigenvalue weighted by Crippen LogP contribution is -2.57. The largest absolute Gasteiger partial charge is 0.495 e. The minimum Gasteiger partial charge on any atom is -0.495 e. The van der Waals surface area contributed by atoms with Crippen LogP contribution in [0.4, 0.5) is 0 Å². The molecule has 4 unspecified atom stereocenters. The van der Waals surface area contributed by atoms with Gasteiger partial charge in [0.2, 0.25) is 0 Å². The molecule has 1 spiro atoms. The van der Waals surface area contributed by atoms with Crippen LogP contribution in [-0.4, -0.2) is 40.9 Å². The molecule has 0 amide bonds. The molecule has 5 rings (SSSR count). The molecule has 0 aromatic carbocycles. The summed E-state index contributed by atoms with van der Waals surface area (Å²) in [6, 6.07) is 0. The van der Waals surface area contributed by atoms with E-state index >= 15 is 0 Å². The van der Waals surface area contributed by atoms with Crippen LogP contribution in [-0.2, 0) is 22.5 Å². The first-order valence-corrected chi connectivity index (χ1v) is 19.2. The van der Waals surface area contributed by atoms with Gasteiger partial charge < -0.3 is 17.7 Å². The second kappa shape index (κ2) is 8.15. The van der Waals surface area contributed by atoms with Gasteiger partial charge in [0, 0.05) is 18.4 Å². The van der Waals surface area contributed by atoms with Crippen LogP contribution < -0.4 is 0 Å². The van der Waals surface area contributed by atoms with Gasteiger partial charge in [0.15, 0.2) is 0 Å². The molecule has 1 saturated heterocycles. The fourth-order valence-corrected chi connectivity index (χ4v) is 13.8. The fourth-order valence-electron chi connectivity index (χ4n) is 9.62. The van der Waals surface area contributed by atoms with Crippen molar-refractivity contribution in [2.24, 2.45) is 35.0 Å². The Labute approximate surface area is 203 Å². The second-order valence-electron chi connectivity index (χ2n) is 13.1. The molecule has 7 heteroatoms. The maximum absolute atomic E-state index is 11.5. The van der Waals surface area contributed by atoms with E-state index in [-0.39, 0.29) is 29.2 Å². The van der Waals surface area contributed by atoms with Crippen molar-refractivity contribution in [3.8, 4) is 0 Å². The zero-order chi connectivity index (χ0) is 23.8. The Bertz CT molecular complexity index is 787. The van der Waals surface area contributed by atoms with E-state index in [0.29, 0.717) is 0 Å². The Kier molecular flexibility index (Phi) is 6.05. The van der Waals surface area contributed by atoms with E-state index in [4.69, 9.17) is 17.7 Å². The smallest absolute Gasteiger partial charge is 0.395 e. The third-order valence-corrected chi connectivity index (χ3v) is 13.9. The average Bonchev–Trinajstić information content (AvgIpc) is 3.12. The third kappa shape index (κ3) is 4.02. The van der Waals surface area contributed by atoms with Gasteiger partial charge >= 0.3 is 17.1 Å². The van der Waals surface area contributed by atoms with Crippen LogP contribution in [0.2, 0.25) is 26.2 Å². The van der Waals surface area contributed by atoms with Gasteiger partial charge in [-0.25, -0.2) is 0 Å². The molecule has 1 heterocycles. The van der Waals surface area contributed by atoms with Crippen LogP contribution in [0.25, 0.3) is 0 Å². The Morgan fingerprint density at radius 2 is 1.73 bits per heavy atom. The van der Waals surface area contributed by atoms with Crippen molar-refractivity contribution in [1.82, 2.24) is 0 Å². The van der Waals surface area contributed by atoms with Crippen LogP contribution >= 0.6 is 0 Å². The van der Waals surface area contributed by atoms with Crippen molar-refractivity contribution in [3.05, 3.63) is 0 Å². The summed E-state index contributed by atoms with van der Waals surface area (Å²) in [7, 11) is -4.40. The lowest BCUT2D eigenvalue weighted by atomic mass is 9.49. The number of hydrogen-bond donors (Lipinski definition) is 0. The molecule has 188 valence electrons. The van der Waals surface area contributed by atoms with Gasteiger partial charge in [-0.3, -0.25) is 4.79 Å². The number of rotatable bonds is 3. The van der Waals surface area contributed by atoms with E-state index in [2.05, 4.69) is 26.9 Å². The molecule has 0 radical (unpaired) electrons. The van der Waals surface area contributed by atoms with Gasteiger partial charge in [0.1, 0.15) is 0 Å². The Balaban J connectivity index is 1.28. The summed E-state index contributed by atoms with van der Waals surface area (Å²) in [6.45, 7) is 14.8. The molecule has 1 aliphatic heterocycles. The number of carbonyl (C=O) groups is 1. The SMILES string of the molecule is CC(=O)O[Si](C)(C)O[C@@H]1CCC2C3CC[C@@]4(C)C(CC[C@@]45O[Si](C)(C)O[C@@H]5C)C3CC[C@@H]2C1. The molecule has 5 aliphatic rings. The maximum Gasteiger partial charge on any atom is 0.395 e. The lowest BCUT2D eigenvalue weighted by molar-refractivity contribution is -0.136. The topological polar surface area (TPSA) is 54.0 Å². The first kappa shape index (κ1) is 24.5. The van der Waals surface area contributed by atoms with Crippen LogP contribution in [0, 0.1) is 35.0 Å². The normalized spacial score (nSPS) is 48.8. The summed E-state index contributed by atoms with van der Waals surface area (Å²) in [5.41, 5.74) is 0.217. The first-order chi connectivity index (χ1) is 15.4. The molecule has 0 N–H and O–H groups in total. The van der Waals surface area contributed by atoms with Crippen LogP contribution in [0.1, 0.15) is 78.6 Å². The monoisotopic (exact) mass is 494 g/mol. The minimum atomic E-state index is -2.38. The first-order valence-electron chi connectivity index (χ1n) is 13.6. The van der Waals surface area contributed by atoms with Crippen molar-refractivity contribution in [3.63, 3.8) is 0 Å². The highest BCUT2D eigenvalue weighted by Crippen LogP contribution is 2.68. The van der Waals surface area contributed by atoms with Crippen molar-refractivity contribution in [1.29, 1.82) is 0 Å². The maximum atomic E-state index is 11.5. The molecule has 5 fully saturated rings. The average molecular weight is 495 g/mol. The number of carbonyl (C=O) groups excluding carboxylic acids is 1. The number of hydrogen-bond acceptors (Lipinski definition) is 5. The quantitative estimate of drug-likeness (QED) is 0.439. The molecular weight excluding hydrogens is 448 g/mol. The summed E-state index contributed by atoms with van der Waals surface area (Å²) in [5, 5.41) is 0. The zero-order valence-electron chi connectivity index (χ0n) is 21.9. The highest BCUT2D eigenvalue weighted by Gasteiger charge is 2.69. The summed E-state index contributed by atoms with van der Waals surface area (Å²) < 4.78 is 25.4. The van der Waals surface area contributed by atoms with E-state index in [0.717, 1.165) is 42.4 Å². The Morgan fingerprint density at radius 3 is 2.39 bits per heavy atom. The summed E-state index contributed by atoms with van der Waals surface area (Å²) >= 11 is 0. The molecule has 4 saturated carbocycles. The van der Waals surface area contributed by atoms with E-state index in [9.17, 15) is 4.79 Å². The van der Waals surface area contributed by atoms with Gasteiger partial charge in [0.25, 0.3) is 5.97 Å². The van der Waals surface area contributed by atoms with E-state index in [1.165, 1.54) is 51.9 Å². The molecule has 33 heavy (non-hydrogen) atoms. The van der Waals surface area contributed by atoms with Crippen molar-refractivity contribution in [2.45, 2.75) is 123 Å². The van der Waals surface area contributed by atoms with Gasteiger partial charge in [-0.05, 0) is 120 Å². The summed E-state index contributed by atoms with van der Waals surface area (Å²) in [5.74, 6) is 3.94. The van der Waals surface area contributed by atoms with Crippen molar-refractivity contribution < 1.29 is 22.5 Å². The van der Waals surface area contributed by atoms with Gasteiger partial charge in [-0.2, -0.15) is 0 Å². The molecule has 4 aliphatic carbocycles. The summed E-state index contributed by atoms with van der Waals surface area (Å²) in [4.78, 5) is 11.5. The number of fused-ring (bicyclic) bond motifs is 6. The Morgan fingerprint density at radius 1 is 1.00 bits per heavy atom. The molecule has 0 bridgehead atoms.